The number of benzene rings is 1. The van der Waals surface area contributed by atoms with Gasteiger partial charge in [-0.3, -0.25) is 4.79 Å². The van der Waals surface area contributed by atoms with E-state index in [1.54, 1.807) is 6.07 Å². The summed E-state index contributed by atoms with van der Waals surface area (Å²) in [6.07, 6.45) is 13.1. The van der Waals surface area contributed by atoms with E-state index in [4.69, 9.17) is 16.3 Å². The van der Waals surface area contributed by atoms with Crippen LogP contribution in [0.3, 0.4) is 0 Å². The van der Waals surface area contributed by atoms with Gasteiger partial charge in [0.05, 0.1) is 24.1 Å². The smallest absolute Gasteiger partial charge is 0.211 e. The van der Waals surface area contributed by atoms with Crippen molar-refractivity contribution in [2.75, 3.05) is 26.0 Å². The highest BCUT2D eigenvalue weighted by atomic mass is 35.5. The lowest BCUT2D eigenvalue weighted by atomic mass is 9.32. The molecule has 1 aromatic carbocycles. The summed E-state index contributed by atoms with van der Waals surface area (Å²) in [7, 11) is -3.64. The van der Waals surface area contributed by atoms with E-state index in [0.717, 1.165) is 25.7 Å². The maximum atomic E-state index is 15.0. The van der Waals surface area contributed by atoms with Crippen molar-refractivity contribution in [3.63, 3.8) is 0 Å². The Labute approximate surface area is 277 Å². The van der Waals surface area contributed by atoms with E-state index in [1.165, 1.54) is 22.7 Å². The molecule has 1 heterocycles. The van der Waals surface area contributed by atoms with Crippen molar-refractivity contribution in [3.05, 3.63) is 58.4 Å². The van der Waals surface area contributed by atoms with Gasteiger partial charge in [-0.15, -0.1) is 0 Å². The molecule has 4 fully saturated rings. The largest absolute Gasteiger partial charge is 0.393 e. The molecule has 8 rings (SSSR count). The fourth-order valence-electron chi connectivity index (χ4n) is 11.2. The predicted molar refractivity (Wildman–Crippen MR) is 174 cm³/mol. The summed E-state index contributed by atoms with van der Waals surface area (Å²) in [5.41, 5.74) is -2.60. The average molecular weight is 676 g/mol. The van der Waals surface area contributed by atoms with E-state index in [-0.39, 0.29) is 59.2 Å². The molecule has 1 aromatic rings. The molecule has 46 heavy (non-hydrogen) atoms. The van der Waals surface area contributed by atoms with Crippen molar-refractivity contribution in [2.24, 2.45) is 33.5 Å². The lowest BCUT2D eigenvalue weighted by Crippen LogP contribution is -2.67. The number of rotatable bonds is 8. The second-order valence-corrected chi connectivity index (χ2v) is 18.2. The number of hydrogen-bond donors (Lipinski definition) is 2. The van der Waals surface area contributed by atoms with Gasteiger partial charge in [0.15, 0.2) is 5.78 Å². The van der Waals surface area contributed by atoms with Gasteiger partial charge < -0.3 is 14.9 Å². The minimum atomic E-state index is -3.64. The monoisotopic (exact) mass is 675 g/mol. The topological polar surface area (TPSA) is 104 Å². The second kappa shape index (κ2) is 10.9. The third-order valence-corrected chi connectivity index (χ3v) is 15.3. The Morgan fingerprint density at radius 2 is 1.80 bits per heavy atom. The van der Waals surface area contributed by atoms with Gasteiger partial charge in [-0.1, -0.05) is 49.7 Å². The summed E-state index contributed by atoms with van der Waals surface area (Å²) in [6, 6.07) is 4.45. The molecule has 6 aliphatic carbocycles. The average Bonchev–Trinajstić information content (AvgIpc) is 3.59. The number of hydrogen-bond acceptors (Lipinski definition) is 6. The second-order valence-electron chi connectivity index (χ2n) is 15.8. The zero-order valence-corrected chi connectivity index (χ0v) is 28.7. The molecule has 0 aromatic heterocycles. The standard InChI is InChI=1S/C36H47ClFNO6S/c1-32-12-9-23(40)19-34(32)15-16-36(26(20-34)29(41)18-25-27(37)7-4-8-28(25)38)30(32)10-13-33(2)31(36)11-14-35(33,42)22-39(46(3,43)44)21-24-6-5-17-45-24/h4,7-8,15-16,20,23-24,30-31,40,42H,5-6,9-14,17-19,21-22H2,1-3H3. The van der Waals surface area contributed by atoms with Gasteiger partial charge in [0.1, 0.15) is 5.82 Å². The molecule has 3 saturated carbocycles. The predicted octanol–water partition coefficient (Wildman–Crippen LogP) is 5.62. The summed E-state index contributed by atoms with van der Waals surface area (Å²) in [5, 5.41) is 23.8. The van der Waals surface area contributed by atoms with Crippen LogP contribution in [0.2, 0.25) is 5.02 Å². The summed E-state index contributed by atoms with van der Waals surface area (Å²) in [4.78, 5) is 14.6. The molecule has 0 amide bonds. The number of ether oxygens (including phenoxy) is 1. The summed E-state index contributed by atoms with van der Waals surface area (Å²) < 4.78 is 48.4. The van der Waals surface area contributed by atoms with Crippen molar-refractivity contribution in [3.8, 4) is 0 Å². The number of carbonyl (C=O) groups excluding carboxylic acids is 1. The van der Waals surface area contributed by atoms with Gasteiger partial charge >= 0.3 is 0 Å². The highest BCUT2D eigenvalue weighted by Gasteiger charge is 2.74. The summed E-state index contributed by atoms with van der Waals surface area (Å²) >= 11 is 6.42. The molecule has 7 nitrogen and oxygen atoms in total. The van der Waals surface area contributed by atoms with Gasteiger partial charge in [-0.05, 0) is 87.2 Å². The normalized spacial score (nSPS) is 42.9. The fourth-order valence-corrected chi connectivity index (χ4v) is 12.4. The van der Waals surface area contributed by atoms with E-state index >= 15 is 4.39 Å². The van der Waals surface area contributed by atoms with Crippen LogP contribution < -0.4 is 0 Å². The Kier molecular flexibility index (Phi) is 7.83. The first kappa shape index (κ1) is 32.9. The third kappa shape index (κ3) is 4.62. The first-order chi connectivity index (χ1) is 21.6. The molecule has 2 bridgehead atoms. The number of ketones is 1. The Morgan fingerprint density at radius 3 is 2.50 bits per heavy atom. The van der Waals surface area contributed by atoms with Crippen LogP contribution in [-0.4, -0.2) is 72.5 Å². The third-order valence-electron chi connectivity index (χ3n) is 13.7. The van der Waals surface area contributed by atoms with Crippen molar-refractivity contribution in [1.29, 1.82) is 0 Å². The zero-order valence-electron chi connectivity index (χ0n) is 27.1. The molecule has 0 radical (unpaired) electrons. The minimum Gasteiger partial charge on any atom is -0.393 e. The number of aliphatic hydroxyl groups excluding tert-OH is 1. The molecule has 2 spiro atoms. The molecule has 252 valence electrons. The van der Waals surface area contributed by atoms with Crippen LogP contribution in [-0.2, 0) is 26.0 Å². The number of aliphatic hydroxyl groups is 2. The zero-order chi connectivity index (χ0) is 32.9. The van der Waals surface area contributed by atoms with Crippen LogP contribution in [0.4, 0.5) is 4.39 Å². The SMILES string of the molecule is CC12CCC(O)CC13C=CC1(C(C(=O)Cc4c(F)cccc4Cl)=C3)C2CCC2(C)C1CCC2(O)CN(CC1CCCO1)S(C)(=O)=O. The first-order valence-corrected chi connectivity index (χ1v) is 19.2. The minimum absolute atomic E-state index is 0.0195. The van der Waals surface area contributed by atoms with Crippen LogP contribution in [0.15, 0.2) is 42.0 Å². The lowest BCUT2D eigenvalue weighted by Gasteiger charge is -2.71. The summed E-state index contributed by atoms with van der Waals surface area (Å²) in [5.74, 6) is -0.758. The highest BCUT2D eigenvalue weighted by Crippen LogP contribution is 2.78. The van der Waals surface area contributed by atoms with Crippen molar-refractivity contribution < 1.29 is 32.6 Å². The van der Waals surface area contributed by atoms with Crippen molar-refractivity contribution in [2.45, 2.75) is 95.9 Å². The van der Waals surface area contributed by atoms with E-state index in [2.05, 4.69) is 32.1 Å². The van der Waals surface area contributed by atoms with Gasteiger partial charge in [0, 0.05) is 58.5 Å². The summed E-state index contributed by atoms with van der Waals surface area (Å²) in [6.45, 7) is 5.21. The number of nitrogens with zero attached hydrogens (tertiary/aromatic N) is 1. The number of carbonyl (C=O) groups is 1. The quantitative estimate of drug-likeness (QED) is 0.347. The number of halogens is 2. The lowest BCUT2D eigenvalue weighted by molar-refractivity contribution is -0.177. The van der Waals surface area contributed by atoms with E-state index in [9.17, 15) is 23.4 Å². The Bertz CT molecular complexity index is 1590. The molecule has 7 aliphatic rings. The molecule has 1 aliphatic heterocycles. The van der Waals surface area contributed by atoms with Crippen LogP contribution in [0.5, 0.6) is 0 Å². The molecular formula is C36H47ClFNO6S. The molecule has 9 unspecified atom stereocenters. The maximum Gasteiger partial charge on any atom is 0.211 e. The van der Waals surface area contributed by atoms with Gasteiger partial charge in [-0.2, -0.15) is 4.31 Å². The molecule has 9 atom stereocenters. The van der Waals surface area contributed by atoms with Crippen LogP contribution >= 0.6 is 11.6 Å². The number of sulfonamides is 1. The van der Waals surface area contributed by atoms with E-state index < -0.39 is 43.8 Å². The van der Waals surface area contributed by atoms with Crippen LogP contribution in [0.25, 0.3) is 0 Å². The number of fused-ring (bicyclic) bond motifs is 1. The Hall–Kier alpha value is -1.62. The van der Waals surface area contributed by atoms with Crippen LogP contribution in [0, 0.1) is 39.3 Å². The Morgan fingerprint density at radius 1 is 1.09 bits per heavy atom. The van der Waals surface area contributed by atoms with E-state index in [0.29, 0.717) is 44.3 Å². The van der Waals surface area contributed by atoms with Gasteiger partial charge in [0.2, 0.25) is 10.0 Å². The number of Topliss-reactive ketones (excluding diaryl/α,β-unsaturated/α-hetero) is 1. The van der Waals surface area contributed by atoms with Gasteiger partial charge in [-0.25, -0.2) is 12.8 Å². The molecule has 2 N–H and O–H groups in total. The molecule has 1 saturated heterocycles. The highest BCUT2D eigenvalue weighted by molar-refractivity contribution is 7.88. The maximum absolute atomic E-state index is 15.0. The molecular weight excluding hydrogens is 629 g/mol. The van der Waals surface area contributed by atoms with E-state index in [1.807, 2.05) is 0 Å². The van der Waals surface area contributed by atoms with Crippen molar-refractivity contribution in [1.82, 2.24) is 4.31 Å². The van der Waals surface area contributed by atoms with Gasteiger partial charge in [0.25, 0.3) is 0 Å². The fraction of sp³-hybridized carbons (Fsp3) is 0.694. The Balaban J connectivity index is 1.31. The van der Waals surface area contributed by atoms with Crippen molar-refractivity contribution >= 4 is 27.4 Å². The molecule has 10 heteroatoms. The first-order valence-electron chi connectivity index (χ1n) is 17.0. The number of allylic oxidation sites excluding steroid dienone is 4. The van der Waals surface area contributed by atoms with Crippen LogP contribution in [0.1, 0.15) is 77.2 Å².